The summed E-state index contributed by atoms with van der Waals surface area (Å²) >= 11 is 5.90. The Kier molecular flexibility index (Phi) is 4.80. The maximum atomic E-state index is 11.3. The molecule has 6 heteroatoms. The molecule has 0 aliphatic heterocycles. The number of nitrogens with two attached hydrogens (primary N) is 1. The Morgan fingerprint density at radius 1 is 1.41 bits per heavy atom. The number of hydrogen-bond acceptors (Lipinski definition) is 3. The number of hydrogen-bond donors (Lipinski definition) is 2. The summed E-state index contributed by atoms with van der Waals surface area (Å²) in [5.74, 6) is 0. The molecule has 0 spiro atoms. The van der Waals surface area contributed by atoms with Crippen LogP contribution in [0.2, 0.25) is 5.02 Å². The molecule has 0 atom stereocenters. The fourth-order valence-electron chi connectivity index (χ4n) is 1.46. The summed E-state index contributed by atoms with van der Waals surface area (Å²) in [4.78, 5) is -0.0299. The lowest BCUT2D eigenvalue weighted by Gasteiger charge is -2.11. The highest BCUT2D eigenvalue weighted by atomic mass is 35.5. The highest BCUT2D eigenvalue weighted by Gasteiger charge is 2.14. The van der Waals surface area contributed by atoms with Gasteiger partial charge in [0.1, 0.15) is 4.90 Å². The standard InChI is InChI=1S/C11H17ClN2O2S/c1-3-4-5-14-10-7-9(12)11(6-8(10)2)17(13,15)16/h6-7,14H,3-5H2,1-2H3,(H2,13,15,16). The van der Waals surface area contributed by atoms with E-state index in [2.05, 4.69) is 12.2 Å². The van der Waals surface area contributed by atoms with Crippen molar-refractivity contribution in [3.05, 3.63) is 22.7 Å². The van der Waals surface area contributed by atoms with Crippen LogP contribution in [0.15, 0.2) is 17.0 Å². The zero-order valence-electron chi connectivity index (χ0n) is 9.96. The third kappa shape index (κ3) is 3.87. The zero-order valence-corrected chi connectivity index (χ0v) is 11.5. The van der Waals surface area contributed by atoms with Crippen molar-refractivity contribution in [2.24, 2.45) is 5.14 Å². The van der Waals surface area contributed by atoms with E-state index in [1.165, 1.54) is 6.07 Å². The number of aryl methyl sites for hydroxylation is 1. The summed E-state index contributed by atoms with van der Waals surface area (Å²) < 4.78 is 22.5. The SMILES string of the molecule is CCCCNc1cc(Cl)c(S(N)(=O)=O)cc1C. The largest absolute Gasteiger partial charge is 0.385 e. The topological polar surface area (TPSA) is 72.2 Å². The Bertz CT molecular complexity index is 500. The molecule has 0 amide bonds. The van der Waals surface area contributed by atoms with Crippen LogP contribution in [-0.2, 0) is 10.0 Å². The van der Waals surface area contributed by atoms with Crippen LogP contribution >= 0.6 is 11.6 Å². The van der Waals surface area contributed by atoms with E-state index in [-0.39, 0.29) is 9.92 Å². The van der Waals surface area contributed by atoms with Gasteiger partial charge >= 0.3 is 0 Å². The van der Waals surface area contributed by atoms with Gasteiger partial charge in [0.05, 0.1) is 5.02 Å². The van der Waals surface area contributed by atoms with Gasteiger partial charge in [0.2, 0.25) is 10.0 Å². The second-order valence-electron chi connectivity index (χ2n) is 3.92. The summed E-state index contributed by atoms with van der Waals surface area (Å²) in [6.07, 6.45) is 2.14. The molecular weight excluding hydrogens is 260 g/mol. The predicted octanol–water partition coefficient (Wildman–Crippen LogP) is 2.51. The summed E-state index contributed by atoms with van der Waals surface area (Å²) in [6.45, 7) is 4.76. The van der Waals surface area contributed by atoms with Crippen molar-refractivity contribution in [2.45, 2.75) is 31.6 Å². The monoisotopic (exact) mass is 276 g/mol. The fourth-order valence-corrected chi connectivity index (χ4v) is 2.62. The van der Waals surface area contributed by atoms with E-state index in [0.29, 0.717) is 0 Å². The van der Waals surface area contributed by atoms with Crippen LogP contribution in [0, 0.1) is 6.92 Å². The highest BCUT2D eigenvalue weighted by Crippen LogP contribution is 2.27. The maximum Gasteiger partial charge on any atom is 0.239 e. The minimum Gasteiger partial charge on any atom is -0.385 e. The third-order valence-electron chi connectivity index (χ3n) is 2.43. The van der Waals surface area contributed by atoms with Gasteiger partial charge in [0, 0.05) is 12.2 Å². The van der Waals surface area contributed by atoms with Gasteiger partial charge in [0.25, 0.3) is 0 Å². The number of rotatable bonds is 5. The van der Waals surface area contributed by atoms with Crippen molar-refractivity contribution < 1.29 is 8.42 Å². The van der Waals surface area contributed by atoms with Crippen molar-refractivity contribution in [1.82, 2.24) is 0 Å². The van der Waals surface area contributed by atoms with Crippen LogP contribution in [0.25, 0.3) is 0 Å². The Morgan fingerprint density at radius 2 is 2.06 bits per heavy atom. The normalized spacial score (nSPS) is 11.5. The lowest BCUT2D eigenvalue weighted by molar-refractivity contribution is 0.598. The van der Waals surface area contributed by atoms with Crippen LogP contribution in [0.3, 0.4) is 0 Å². The summed E-state index contributed by atoms with van der Waals surface area (Å²) in [5, 5.41) is 8.43. The molecule has 4 nitrogen and oxygen atoms in total. The van der Waals surface area contributed by atoms with Crippen molar-refractivity contribution in [3.63, 3.8) is 0 Å². The molecule has 0 heterocycles. The van der Waals surface area contributed by atoms with Gasteiger partial charge in [-0.05, 0) is 31.0 Å². The van der Waals surface area contributed by atoms with Gasteiger partial charge in [-0.15, -0.1) is 0 Å². The molecule has 0 aliphatic carbocycles. The number of nitrogens with one attached hydrogen (secondary N) is 1. The molecule has 1 aromatic rings. The average molecular weight is 277 g/mol. The molecule has 0 bridgehead atoms. The minimum atomic E-state index is -3.76. The molecule has 0 saturated heterocycles. The molecule has 0 unspecified atom stereocenters. The van der Waals surface area contributed by atoms with Crippen LogP contribution in [0.5, 0.6) is 0 Å². The first-order valence-electron chi connectivity index (χ1n) is 5.43. The Morgan fingerprint density at radius 3 is 2.59 bits per heavy atom. The molecular formula is C11H17ClN2O2S. The van der Waals surface area contributed by atoms with Gasteiger partial charge in [-0.2, -0.15) is 0 Å². The minimum absolute atomic E-state index is 0.0299. The molecule has 1 aromatic carbocycles. The van der Waals surface area contributed by atoms with Crippen LogP contribution < -0.4 is 10.5 Å². The summed E-state index contributed by atoms with van der Waals surface area (Å²) in [5.41, 5.74) is 1.66. The average Bonchev–Trinajstić information content (AvgIpc) is 2.21. The van der Waals surface area contributed by atoms with Gasteiger partial charge in [-0.25, -0.2) is 13.6 Å². The molecule has 96 valence electrons. The highest BCUT2D eigenvalue weighted by molar-refractivity contribution is 7.89. The molecule has 17 heavy (non-hydrogen) atoms. The first-order valence-corrected chi connectivity index (χ1v) is 7.35. The van der Waals surface area contributed by atoms with Crippen molar-refractivity contribution in [3.8, 4) is 0 Å². The lowest BCUT2D eigenvalue weighted by Crippen LogP contribution is -2.13. The van der Waals surface area contributed by atoms with Gasteiger partial charge in [-0.3, -0.25) is 0 Å². The van der Waals surface area contributed by atoms with Crippen molar-refractivity contribution >= 4 is 27.3 Å². The first kappa shape index (κ1) is 14.3. The molecule has 0 fully saturated rings. The predicted molar refractivity (Wildman–Crippen MR) is 71.0 cm³/mol. The second-order valence-corrected chi connectivity index (χ2v) is 5.86. The maximum absolute atomic E-state index is 11.3. The second kappa shape index (κ2) is 5.71. The van der Waals surface area contributed by atoms with Crippen LogP contribution in [0.4, 0.5) is 5.69 Å². The van der Waals surface area contributed by atoms with Crippen molar-refractivity contribution in [1.29, 1.82) is 0 Å². The third-order valence-corrected chi connectivity index (χ3v) is 3.81. The molecule has 0 aromatic heterocycles. The van der Waals surface area contributed by atoms with Gasteiger partial charge in [0.15, 0.2) is 0 Å². The number of primary sulfonamides is 1. The molecule has 0 radical (unpaired) electrons. The Hall–Kier alpha value is -0.780. The Balaban J connectivity index is 3.02. The summed E-state index contributed by atoms with van der Waals surface area (Å²) in [7, 11) is -3.76. The van der Waals surface area contributed by atoms with Gasteiger partial charge < -0.3 is 5.32 Å². The molecule has 1 rings (SSSR count). The van der Waals surface area contributed by atoms with E-state index < -0.39 is 10.0 Å². The van der Waals surface area contributed by atoms with E-state index in [1.807, 2.05) is 6.92 Å². The van der Waals surface area contributed by atoms with Crippen molar-refractivity contribution in [2.75, 3.05) is 11.9 Å². The molecule has 3 N–H and O–H groups in total. The number of anilines is 1. The first-order chi connectivity index (χ1) is 7.86. The smallest absolute Gasteiger partial charge is 0.239 e. The van der Waals surface area contributed by atoms with E-state index in [1.54, 1.807) is 6.07 Å². The number of benzene rings is 1. The Labute approximate surface area is 107 Å². The van der Waals surface area contributed by atoms with E-state index in [9.17, 15) is 8.42 Å². The fraction of sp³-hybridized carbons (Fsp3) is 0.455. The number of unbranched alkanes of at least 4 members (excludes halogenated alkanes) is 1. The summed E-state index contributed by atoms with van der Waals surface area (Å²) in [6, 6.07) is 3.10. The van der Waals surface area contributed by atoms with E-state index in [0.717, 1.165) is 30.6 Å². The molecule has 0 saturated carbocycles. The van der Waals surface area contributed by atoms with E-state index >= 15 is 0 Å². The lowest BCUT2D eigenvalue weighted by atomic mass is 10.2. The number of halogens is 1. The van der Waals surface area contributed by atoms with Crippen LogP contribution in [0.1, 0.15) is 25.3 Å². The quantitative estimate of drug-likeness (QED) is 0.812. The van der Waals surface area contributed by atoms with Gasteiger partial charge in [-0.1, -0.05) is 24.9 Å². The molecule has 0 aliphatic rings. The van der Waals surface area contributed by atoms with Crippen LogP contribution in [-0.4, -0.2) is 15.0 Å². The van der Waals surface area contributed by atoms with E-state index in [4.69, 9.17) is 16.7 Å². The zero-order chi connectivity index (χ0) is 13.1. The number of sulfonamides is 1.